The third kappa shape index (κ3) is 2.28. The fourth-order valence-electron chi connectivity index (χ4n) is 1.37. The standard InChI is InChI=1S/C7H12N4OS2/c8-7-6(9-10-13-7)5-11-1-3-14(12)4-2-11/h1-5,8H2. The number of nitrogens with two attached hydrogens (primary N) is 1. The van der Waals surface area contributed by atoms with Gasteiger partial charge < -0.3 is 5.73 Å². The van der Waals surface area contributed by atoms with Crippen molar-refractivity contribution in [1.82, 2.24) is 14.5 Å². The zero-order valence-corrected chi connectivity index (χ0v) is 9.31. The molecule has 0 unspecified atom stereocenters. The van der Waals surface area contributed by atoms with Gasteiger partial charge in [-0.05, 0) is 0 Å². The van der Waals surface area contributed by atoms with Gasteiger partial charge in [0.25, 0.3) is 0 Å². The topological polar surface area (TPSA) is 72.1 Å². The van der Waals surface area contributed by atoms with Gasteiger partial charge in [0.15, 0.2) is 0 Å². The van der Waals surface area contributed by atoms with Crippen LogP contribution in [0.5, 0.6) is 0 Å². The molecule has 1 aromatic rings. The predicted molar refractivity (Wildman–Crippen MR) is 57.5 cm³/mol. The van der Waals surface area contributed by atoms with E-state index in [1.807, 2.05) is 0 Å². The van der Waals surface area contributed by atoms with Crippen molar-refractivity contribution in [3.63, 3.8) is 0 Å². The average Bonchev–Trinajstić information content (AvgIpc) is 2.56. The minimum Gasteiger partial charge on any atom is -0.388 e. The summed E-state index contributed by atoms with van der Waals surface area (Å²) >= 11 is 1.22. The van der Waals surface area contributed by atoms with Crippen LogP contribution in [-0.4, -0.2) is 43.3 Å². The molecule has 14 heavy (non-hydrogen) atoms. The first-order chi connectivity index (χ1) is 6.75. The van der Waals surface area contributed by atoms with Crippen molar-refractivity contribution >= 4 is 27.3 Å². The molecular formula is C7H12N4OS2. The third-order valence-electron chi connectivity index (χ3n) is 2.23. The van der Waals surface area contributed by atoms with Crippen LogP contribution in [0.3, 0.4) is 0 Å². The van der Waals surface area contributed by atoms with E-state index in [1.165, 1.54) is 11.5 Å². The highest BCUT2D eigenvalue weighted by Crippen LogP contribution is 2.15. The van der Waals surface area contributed by atoms with Crippen LogP contribution < -0.4 is 5.73 Å². The lowest BCUT2D eigenvalue weighted by molar-refractivity contribution is 0.288. The molecule has 0 amide bonds. The Hall–Kier alpha value is -0.530. The molecule has 1 aliphatic heterocycles. The fourth-order valence-corrected chi connectivity index (χ4v) is 2.94. The Morgan fingerprint density at radius 1 is 1.50 bits per heavy atom. The fraction of sp³-hybridized carbons (Fsp3) is 0.714. The predicted octanol–water partition coefficient (Wildman–Crippen LogP) is -0.315. The van der Waals surface area contributed by atoms with Gasteiger partial charge in [0.1, 0.15) is 10.7 Å². The van der Waals surface area contributed by atoms with Crippen molar-refractivity contribution in [2.75, 3.05) is 30.3 Å². The van der Waals surface area contributed by atoms with Gasteiger partial charge in [-0.1, -0.05) is 4.49 Å². The summed E-state index contributed by atoms with van der Waals surface area (Å²) in [4.78, 5) is 2.22. The summed E-state index contributed by atoms with van der Waals surface area (Å²) in [5.41, 5.74) is 6.54. The van der Waals surface area contributed by atoms with Crippen LogP contribution >= 0.6 is 11.5 Å². The lowest BCUT2D eigenvalue weighted by Crippen LogP contribution is -2.37. The summed E-state index contributed by atoms with van der Waals surface area (Å²) in [6.45, 7) is 2.46. The average molecular weight is 232 g/mol. The molecule has 1 saturated heterocycles. The van der Waals surface area contributed by atoms with Gasteiger partial charge in [-0.3, -0.25) is 9.11 Å². The van der Waals surface area contributed by atoms with Crippen molar-refractivity contribution in [2.45, 2.75) is 6.54 Å². The molecule has 2 rings (SSSR count). The molecule has 0 aliphatic carbocycles. The number of aromatic nitrogens is 2. The Kier molecular flexibility index (Phi) is 3.09. The molecule has 5 nitrogen and oxygen atoms in total. The Morgan fingerprint density at radius 3 is 2.79 bits per heavy atom. The summed E-state index contributed by atoms with van der Waals surface area (Å²) in [6, 6.07) is 0. The van der Waals surface area contributed by atoms with Gasteiger partial charge in [-0.15, -0.1) is 5.10 Å². The lowest BCUT2D eigenvalue weighted by atomic mass is 10.4. The van der Waals surface area contributed by atoms with Crippen LogP contribution in [0.25, 0.3) is 0 Å². The molecule has 1 aliphatic rings. The van der Waals surface area contributed by atoms with Crippen molar-refractivity contribution in [1.29, 1.82) is 0 Å². The molecule has 0 bridgehead atoms. The molecule has 0 saturated carbocycles. The Labute approximate surface area is 88.9 Å². The van der Waals surface area contributed by atoms with Crippen LogP contribution in [0.4, 0.5) is 5.00 Å². The molecule has 78 valence electrons. The van der Waals surface area contributed by atoms with Crippen LogP contribution in [0.2, 0.25) is 0 Å². The number of nitrogen functional groups attached to an aromatic ring is 1. The van der Waals surface area contributed by atoms with Crippen molar-refractivity contribution in [2.24, 2.45) is 0 Å². The minimum absolute atomic E-state index is 0.621. The minimum atomic E-state index is -0.621. The maximum atomic E-state index is 11.1. The van der Waals surface area contributed by atoms with E-state index in [9.17, 15) is 4.21 Å². The van der Waals surface area contributed by atoms with Crippen LogP contribution in [-0.2, 0) is 17.3 Å². The Balaban J connectivity index is 1.92. The van der Waals surface area contributed by atoms with Crippen LogP contribution in [0.1, 0.15) is 5.69 Å². The Morgan fingerprint density at radius 2 is 2.21 bits per heavy atom. The second kappa shape index (κ2) is 4.33. The first-order valence-corrected chi connectivity index (χ1v) is 6.66. The van der Waals surface area contributed by atoms with E-state index in [-0.39, 0.29) is 0 Å². The van der Waals surface area contributed by atoms with E-state index in [1.54, 1.807) is 0 Å². The molecule has 2 heterocycles. The van der Waals surface area contributed by atoms with Crippen LogP contribution in [0, 0.1) is 0 Å². The van der Waals surface area contributed by atoms with Gasteiger partial charge in [-0.2, -0.15) is 0 Å². The van der Waals surface area contributed by atoms with E-state index < -0.39 is 10.8 Å². The monoisotopic (exact) mass is 232 g/mol. The number of hydrogen-bond donors (Lipinski definition) is 1. The normalized spacial score (nSPS) is 20.0. The number of anilines is 1. The maximum Gasteiger partial charge on any atom is 0.132 e. The summed E-state index contributed by atoms with van der Waals surface area (Å²) in [5, 5.41) is 4.65. The molecular weight excluding hydrogens is 220 g/mol. The zero-order chi connectivity index (χ0) is 9.97. The van der Waals surface area contributed by atoms with E-state index in [4.69, 9.17) is 5.73 Å². The summed E-state index contributed by atoms with van der Waals surface area (Å²) in [7, 11) is -0.621. The molecule has 2 N–H and O–H groups in total. The van der Waals surface area contributed by atoms with Gasteiger partial charge in [-0.25, -0.2) is 0 Å². The molecule has 1 aromatic heterocycles. The highest BCUT2D eigenvalue weighted by molar-refractivity contribution is 7.85. The van der Waals surface area contributed by atoms with E-state index in [0.717, 1.165) is 36.8 Å². The van der Waals surface area contributed by atoms with Crippen molar-refractivity contribution < 1.29 is 4.21 Å². The van der Waals surface area contributed by atoms with Gasteiger partial charge in [0.2, 0.25) is 0 Å². The molecule has 1 fully saturated rings. The first-order valence-electron chi connectivity index (χ1n) is 4.40. The summed E-state index contributed by atoms with van der Waals surface area (Å²) in [6.07, 6.45) is 0. The molecule has 0 aromatic carbocycles. The van der Waals surface area contributed by atoms with E-state index in [0.29, 0.717) is 5.00 Å². The van der Waals surface area contributed by atoms with E-state index in [2.05, 4.69) is 14.5 Å². The highest BCUT2D eigenvalue weighted by atomic mass is 32.2. The van der Waals surface area contributed by atoms with Crippen molar-refractivity contribution in [3.05, 3.63) is 5.69 Å². The largest absolute Gasteiger partial charge is 0.388 e. The number of rotatable bonds is 2. The van der Waals surface area contributed by atoms with Gasteiger partial charge >= 0.3 is 0 Å². The lowest BCUT2D eigenvalue weighted by Gasteiger charge is -2.24. The SMILES string of the molecule is Nc1snnc1CN1CCS(=O)CC1. The highest BCUT2D eigenvalue weighted by Gasteiger charge is 2.17. The smallest absolute Gasteiger partial charge is 0.132 e. The van der Waals surface area contributed by atoms with Gasteiger partial charge in [0, 0.05) is 53.5 Å². The quantitative estimate of drug-likeness (QED) is 0.757. The van der Waals surface area contributed by atoms with Crippen molar-refractivity contribution in [3.8, 4) is 0 Å². The molecule has 0 spiro atoms. The molecule has 7 heteroatoms. The van der Waals surface area contributed by atoms with Crippen LogP contribution in [0.15, 0.2) is 0 Å². The maximum absolute atomic E-state index is 11.1. The summed E-state index contributed by atoms with van der Waals surface area (Å²) < 4.78 is 14.9. The second-order valence-electron chi connectivity index (χ2n) is 3.21. The Bertz CT molecular complexity index is 330. The van der Waals surface area contributed by atoms with Gasteiger partial charge in [0.05, 0.1) is 0 Å². The first kappa shape index (κ1) is 10.0. The number of nitrogens with zero attached hydrogens (tertiary/aromatic N) is 3. The van der Waals surface area contributed by atoms with E-state index >= 15 is 0 Å². The number of hydrogen-bond acceptors (Lipinski definition) is 6. The third-order valence-corrected chi connectivity index (χ3v) is 4.10. The molecule has 0 radical (unpaired) electrons. The molecule has 0 atom stereocenters. The zero-order valence-electron chi connectivity index (χ0n) is 7.68. The summed E-state index contributed by atoms with van der Waals surface area (Å²) in [5.74, 6) is 1.52. The second-order valence-corrected chi connectivity index (χ2v) is 5.69.